The Kier molecular flexibility index (Phi) is 6.28. The Morgan fingerprint density at radius 2 is 1.85 bits per heavy atom. The number of rotatable bonds is 6. The summed E-state index contributed by atoms with van der Waals surface area (Å²) in [5.41, 5.74) is 4.43. The lowest BCUT2D eigenvalue weighted by Crippen LogP contribution is -2.39. The van der Waals surface area contributed by atoms with Gasteiger partial charge in [0.1, 0.15) is 5.56 Å². The molecule has 1 aromatic heterocycles. The number of primary amides is 1. The molecule has 1 aliphatic rings. The van der Waals surface area contributed by atoms with Gasteiger partial charge < -0.3 is 26.2 Å². The van der Waals surface area contributed by atoms with Crippen molar-refractivity contribution in [1.82, 2.24) is 10.3 Å². The van der Waals surface area contributed by atoms with Crippen molar-refractivity contribution in [1.29, 1.82) is 0 Å². The second-order valence-corrected chi connectivity index (χ2v) is 6.08. The molecule has 0 saturated heterocycles. The molecule has 0 unspecified atom stereocenters. The van der Waals surface area contributed by atoms with Gasteiger partial charge in [-0.1, -0.05) is 0 Å². The van der Waals surface area contributed by atoms with Crippen molar-refractivity contribution in [3.05, 3.63) is 17.4 Å². The highest BCUT2D eigenvalue weighted by atomic mass is 19.4. The number of alkyl halides is 3. The van der Waals surface area contributed by atoms with Crippen LogP contribution in [0.2, 0.25) is 0 Å². The van der Waals surface area contributed by atoms with Crippen LogP contribution in [-0.4, -0.2) is 47.0 Å². The van der Waals surface area contributed by atoms with Gasteiger partial charge in [0, 0.05) is 12.1 Å². The summed E-state index contributed by atoms with van der Waals surface area (Å²) in [5, 5.41) is 13.8. The molecule has 0 aromatic carbocycles. The van der Waals surface area contributed by atoms with E-state index in [4.69, 9.17) is 10.8 Å². The van der Waals surface area contributed by atoms with Crippen LogP contribution in [0.3, 0.4) is 0 Å². The first-order valence-corrected chi connectivity index (χ1v) is 8.01. The highest BCUT2D eigenvalue weighted by Gasteiger charge is 2.30. The van der Waals surface area contributed by atoms with Crippen LogP contribution >= 0.6 is 0 Å². The predicted octanol–water partition coefficient (Wildman–Crippen LogP) is 2.25. The standard InChI is InChI=1S/C15H18F4N4O4/c16-10-5-9(11(20)24)13(27-6-15(17,18)19)23-12(10)21-7-1-3-8(4-2-7)22-14(25)26/h5,7-8,22H,1-4,6H2,(H2,20,24)(H,21,23)(H,25,26)/t7-,8-. The van der Waals surface area contributed by atoms with Crippen LogP contribution in [0.1, 0.15) is 36.0 Å². The Labute approximate surface area is 151 Å². The lowest BCUT2D eigenvalue weighted by atomic mass is 9.91. The highest BCUT2D eigenvalue weighted by Crippen LogP contribution is 2.27. The molecule has 2 rings (SSSR count). The minimum atomic E-state index is -4.67. The van der Waals surface area contributed by atoms with Crippen molar-refractivity contribution in [3.8, 4) is 5.88 Å². The summed E-state index contributed by atoms with van der Waals surface area (Å²) < 4.78 is 55.7. The fourth-order valence-electron chi connectivity index (χ4n) is 2.76. The summed E-state index contributed by atoms with van der Waals surface area (Å²) in [5.74, 6) is -3.23. The third-order valence-corrected chi connectivity index (χ3v) is 3.97. The van der Waals surface area contributed by atoms with Crippen molar-refractivity contribution in [2.75, 3.05) is 11.9 Å². The molecule has 1 fully saturated rings. The third-order valence-electron chi connectivity index (χ3n) is 3.97. The topological polar surface area (TPSA) is 127 Å². The number of hydrogen-bond acceptors (Lipinski definition) is 5. The zero-order valence-corrected chi connectivity index (χ0v) is 14.0. The van der Waals surface area contributed by atoms with Gasteiger partial charge in [-0.2, -0.15) is 18.2 Å². The molecule has 0 aliphatic heterocycles. The largest absolute Gasteiger partial charge is 0.467 e. The number of anilines is 1. The van der Waals surface area contributed by atoms with E-state index in [-0.39, 0.29) is 17.9 Å². The number of nitrogens with zero attached hydrogens (tertiary/aromatic N) is 1. The number of amides is 2. The number of carbonyl (C=O) groups is 2. The van der Waals surface area contributed by atoms with Gasteiger partial charge in [0.15, 0.2) is 18.2 Å². The number of pyridine rings is 1. The van der Waals surface area contributed by atoms with Crippen LogP contribution < -0.4 is 21.1 Å². The van der Waals surface area contributed by atoms with E-state index in [9.17, 15) is 27.2 Å². The van der Waals surface area contributed by atoms with Gasteiger partial charge >= 0.3 is 12.3 Å². The van der Waals surface area contributed by atoms with Gasteiger partial charge in [0.25, 0.3) is 5.91 Å². The number of carbonyl (C=O) groups excluding carboxylic acids is 1. The van der Waals surface area contributed by atoms with Crippen LogP contribution in [0, 0.1) is 5.82 Å². The molecule has 1 aromatic rings. The van der Waals surface area contributed by atoms with E-state index >= 15 is 0 Å². The molecule has 1 saturated carbocycles. The fourth-order valence-corrected chi connectivity index (χ4v) is 2.76. The summed E-state index contributed by atoms with van der Waals surface area (Å²) in [4.78, 5) is 25.6. The Bertz CT molecular complexity index is 706. The number of hydrogen-bond donors (Lipinski definition) is 4. The normalized spacial score (nSPS) is 20.0. The lowest BCUT2D eigenvalue weighted by molar-refractivity contribution is -0.154. The van der Waals surface area contributed by atoms with Crippen molar-refractivity contribution >= 4 is 17.8 Å². The smallest absolute Gasteiger partial charge is 0.422 e. The maximum atomic E-state index is 14.2. The zero-order valence-electron chi connectivity index (χ0n) is 14.0. The maximum Gasteiger partial charge on any atom is 0.422 e. The van der Waals surface area contributed by atoms with Crippen molar-refractivity contribution < 1.29 is 37.0 Å². The van der Waals surface area contributed by atoms with Gasteiger partial charge in [-0.3, -0.25) is 4.79 Å². The van der Waals surface area contributed by atoms with E-state index < -0.39 is 42.0 Å². The van der Waals surface area contributed by atoms with E-state index in [1.165, 1.54) is 0 Å². The molecule has 27 heavy (non-hydrogen) atoms. The van der Waals surface area contributed by atoms with E-state index in [0.29, 0.717) is 31.7 Å². The van der Waals surface area contributed by atoms with Crippen LogP contribution in [0.25, 0.3) is 0 Å². The molecular weight excluding hydrogens is 376 g/mol. The molecule has 2 amide bonds. The van der Waals surface area contributed by atoms with E-state index in [2.05, 4.69) is 20.4 Å². The van der Waals surface area contributed by atoms with Crippen LogP contribution in [0.15, 0.2) is 6.07 Å². The minimum Gasteiger partial charge on any atom is -0.467 e. The number of halogens is 4. The Balaban J connectivity index is 2.10. The second-order valence-electron chi connectivity index (χ2n) is 6.08. The summed E-state index contributed by atoms with van der Waals surface area (Å²) in [7, 11) is 0. The van der Waals surface area contributed by atoms with Crippen molar-refractivity contribution in [2.24, 2.45) is 5.73 Å². The Hall–Kier alpha value is -2.79. The molecular formula is C15H18F4N4O4. The molecule has 0 spiro atoms. The molecule has 0 radical (unpaired) electrons. The molecule has 12 heteroatoms. The van der Waals surface area contributed by atoms with Crippen molar-refractivity contribution in [3.63, 3.8) is 0 Å². The molecule has 1 aliphatic carbocycles. The Morgan fingerprint density at radius 1 is 1.26 bits per heavy atom. The van der Waals surface area contributed by atoms with Gasteiger partial charge in [-0.25, -0.2) is 9.18 Å². The third kappa shape index (κ3) is 6.15. The quantitative estimate of drug-likeness (QED) is 0.548. The molecule has 0 bridgehead atoms. The summed E-state index contributed by atoms with van der Waals surface area (Å²) in [6, 6.07) is 0.177. The molecule has 150 valence electrons. The molecule has 5 N–H and O–H groups in total. The average molecular weight is 394 g/mol. The number of nitrogens with one attached hydrogen (secondary N) is 2. The van der Waals surface area contributed by atoms with Crippen LogP contribution in [0.5, 0.6) is 5.88 Å². The molecule has 0 atom stereocenters. The average Bonchev–Trinajstić information content (AvgIpc) is 2.55. The number of aromatic nitrogens is 1. The van der Waals surface area contributed by atoms with E-state index in [0.717, 1.165) is 0 Å². The first kappa shape index (κ1) is 20.5. The Morgan fingerprint density at radius 3 is 2.37 bits per heavy atom. The van der Waals surface area contributed by atoms with Gasteiger partial charge in [0.2, 0.25) is 5.88 Å². The number of carboxylic acid groups (broad SMARTS) is 1. The van der Waals surface area contributed by atoms with Crippen molar-refractivity contribution in [2.45, 2.75) is 43.9 Å². The molecule has 8 nitrogen and oxygen atoms in total. The van der Waals surface area contributed by atoms with Gasteiger partial charge in [0.05, 0.1) is 0 Å². The lowest BCUT2D eigenvalue weighted by Gasteiger charge is -2.29. The first-order valence-electron chi connectivity index (χ1n) is 8.01. The van der Waals surface area contributed by atoms with E-state index in [1.54, 1.807) is 0 Å². The van der Waals surface area contributed by atoms with Crippen LogP contribution in [-0.2, 0) is 0 Å². The summed E-state index contributed by atoms with van der Waals surface area (Å²) in [6.07, 6.45) is -3.82. The van der Waals surface area contributed by atoms with Gasteiger partial charge in [-0.15, -0.1) is 0 Å². The minimum absolute atomic E-state index is 0.221. The highest BCUT2D eigenvalue weighted by molar-refractivity contribution is 5.95. The van der Waals surface area contributed by atoms with Crippen LogP contribution in [0.4, 0.5) is 28.2 Å². The second kappa shape index (κ2) is 8.27. The predicted molar refractivity (Wildman–Crippen MR) is 85.1 cm³/mol. The fraction of sp³-hybridized carbons (Fsp3) is 0.533. The van der Waals surface area contributed by atoms with E-state index in [1.807, 2.05) is 0 Å². The number of ether oxygens (including phenoxy) is 1. The SMILES string of the molecule is NC(=O)c1cc(F)c(N[C@H]2CC[C@H](NC(=O)O)CC2)nc1OCC(F)(F)F. The molecule has 1 heterocycles. The monoisotopic (exact) mass is 394 g/mol. The zero-order chi connectivity index (χ0) is 20.2. The van der Waals surface area contributed by atoms with Gasteiger partial charge in [-0.05, 0) is 31.7 Å². The maximum absolute atomic E-state index is 14.2. The number of nitrogens with two attached hydrogens (primary N) is 1. The summed E-state index contributed by atoms with van der Waals surface area (Å²) in [6.45, 7) is -1.71. The first-order chi connectivity index (χ1) is 12.5. The summed E-state index contributed by atoms with van der Waals surface area (Å²) >= 11 is 0.